The molecular weight excluding hydrogens is 246 g/mol. The highest BCUT2D eigenvalue weighted by Gasteiger charge is 2.13. The van der Waals surface area contributed by atoms with Crippen LogP contribution in [0.4, 0.5) is 5.82 Å². The molecule has 0 atom stereocenters. The van der Waals surface area contributed by atoms with Crippen molar-refractivity contribution in [1.29, 1.82) is 0 Å². The van der Waals surface area contributed by atoms with Gasteiger partial charge in [-0.2, -0.15) is 8.75 Å². The number of benzene rings is 1. The number of imidazole rings is 1. The molecule has 2 N–H and O–H groups in total. The summed E-state index contributed by atoms with van der Waals surface area (Å²) in [6.07, 6.45) is 1.64. The summed E-state index contributed by atoms with van der Waals surface area (Å²) in [4.78, 5) is 7.28. The van der Waals surface area contributed by atoms with E-state index in [2.05, 4.69) is 30.6 Å². The van der Waals surface area contributed by atoms with Crippen molar-refractivity contribution in [3.8, 4) is 0 Å². The third-order valence-electron chi connectivity index (χ3n) is 2.79. The molecule has 0 saturated carbocycles. The van der Waals surface area contributed by atoms with Crippen LogP contribution in [0.5, 0.6) is 0 Å². The Balaban J connectivity index is 2.15. The highest BCUT2D eigenvalue weighted by molar-refractivity contribution is 7.00. The molecule has 1 aromatic carbocycles. The molecule has 5 nitrogen and oxygen atoms in total. The molecule has 0 aliphatic carbocycles. The van der Waals surface area contributed by atoms with Gasteiger partial charge < -0.3 is 10.3 Å². The second kappa shape index (κ2) is 4.23. The minimum atomic E-state index is 0.778. The van der Waals surface area contributed by atoms with E-state index in [4.69, 9.17) is 0 Å². The van der Waals surface area contributed by atoms with Crippen LogP contribution in [0.3, 0.4) is 0 Å². The molecule has 0 saturated heterocycles. The Morgan fingerprint density at radius 2 is 2.28 bits per heavy atom. The molecule has 0 unspecified atom stereocenters. The Kier molecular flexibility index (Phi) is 2.56. The maximum Gasteiger partial charge on any atom is 0.151 e. The Labute approximate surface area is 108 Å². The Bertz CT molecular complexity index is 712. The average Bonchev–Trinajstić information content (AvgIpc) is 3.05. The van der Waals surface area contributed by atoms with E-state index in [0.717, 1.165) is 33.7 Å². The van der Waals surface area contributed by atoms with E-state index in [0.29, 0.717) is 0 Å². The largest absolute Gasteiger partial charge is 0.371 e. The van der Waals surface area contributed by atoms with Crippen molar-refractivity contribution in [3.63, 3.8) is 0 Å². The standard InChI is InChI=1S/C12H11N5S/c1-7(10-12(13-2)15-6-14-10)8-4-3-5-9-11(8)17-18-16-9/h3-6,13H,1H2,2H3,(H,14,15). The number of rotatable bonds is 3. The monoisotopic (exact) mass is 257 g/mol. The molecule has 0 radical (unpaired) electrons. The lowest BCUT2D eigenvalue weighted by atomic mass is 10.0. The number of H-pyrrole nitrogens is 1. The van der Waals surface area contributed by atoms with Crippen LogP contribution in [0.25, 0.3) is 16.6 Å². The molecular formula is C12H11N5S. The summed E-state index contributed by atoms with van der Waals surface area (Å²) in [5.41, 5.74) is 4.48. The number of aromatic amines is 1. The average molecular weight is 257 g/mol. The fourth-order valence-electron chi connectivity index (χ4n) is 1.90. The number of anilines is 1. The summed E-state index contributed by atoms with van der Waals surface area (Å²) < 4.78 is 8.55. The van der Waals surface area contributed by atoms with Gasteiger partial charge in [-0.3, -0.25) is 0 Å². The predicted octanol–water partition coefficient (Wildman–Crippen LogP) is 2.52. The highest BCUT2D eigenvalue weighted by Crippen LogP contribution is 2.29. The van der Waals surface area contributed by atoms with Gasteiger partial charge in [-0.1, -0.05) is 18.7 Å². The molecule has 2 heterocycles. The van der Waals surface area contributed by atoms with Crippen molar-refractivity contribution in [2.45, 2.75) is 0 Å². The van der Waals surface area contributed by atoms with E-state index in [1.165, 1.54) is 11.7 Å². The highest BCUT2D eigenvalue weighted by atomic mass is 32.1. The van der Waals surface area contributed by atoms with Crippen LogP contribution in [0.1, 0.15) is 11.3 Å². The lowest BCUT2D eigenvalue weighted by molar-refractivity contribution is 1.30. The second-order valence-electron chi connectivity index (χ2n) is 3.79. The van der Waals surface area contributed by atoms with E-state index in [1.807, 2.05) is 25.2 Å². The summed E-state index contributed by atoms with van der Waals surface area (Å²) in [6.45, 7) is 4.13. The lowest BCUT2D eigenvalue weighted by Gasteiger charge is -2.06. The third kappa shape index (κ3) is 1.58. The molecule has 0 bridgehead atoms. The first-order valence-corrected chi connectivity index (χ1v) is 6.16. The zero-order valence-corrected chi connectivity index (χ0v) is 10.6. The summed E-state index contributed by atoms with van der Waals surface area (Å²) >= 11 is 1.21. The van der Waals surface area contributed by atoms with Crippen molar-refractivity contribution in [1.82, 2.24) is 18.7 Å². The van der Waals surface area contributed by atoms with Crippen molar-refractivity contribution < 1.29 is 0 Å². The van der Waals surface area contributed by atoms with Gasteiger partial charge in [0.25, 0.3) is 0 Å². The smallest absolute Gasteiger partial charge is 0.151 e. The van der Waals surface area contributed by atoms with Gasteiger partial charge in [0.1, 0.15) is 11.0 Å². The number of nitrogens with zero attached hydrogens (tertiary/aromatic N) is 3. The number of hydrogen-bond acceptors (Lipinski definition) is 5. The summed E-state index contributed by atoms with van der Waals surface area (Å²) in [7, 11) is 1.83. The van der Waals surface area contributed by atoms with Crippen LogP contribution in [-0.4, -0.2) is 25.8 Å². The fourth-order valence-corrected chi connectivity index (χ4v) is 2.45. The first-order chi connectivity index (χ1) is 8.81. The van der Waals surface area contributed by atoms with E-state index in [9.17, 15) is 0 Å². The quantitative estimate of drug-likeness (QED) is 0.756. The van der Waals surface area contributed by atoms with E-state index >= 15 is 0 Å². The molecule has 3 rings (SSSR count). The summed E-state index contributed by atoms with van der Waals surface area (Å²) in [5.74, 6) is 0.778. The van der Waals surface area contributed by atoms with E-state index < -0.39 is 0 Å². The molecule has 3 aromatic rings. The molecule has 0 amide bonds. The maximum atomic E-state index is 4.32. The maximum absolute atomic E-state index is 4.32. The van der Waals surface area contributed by atoms with Crippen LogP contribution in [0, 0.1) is 0 Å². The zero-order valence-electron chi connectivity index (χ0n) is 9.77. The Morgan fingerprint density at radius 1 is 1.39 bits per heavy atom. The van der Waals surface area contributed by atoms with Gasteiger partial charge in [0.2, 0.25) is 0 Å². The van der Waals surface area contributed by atoms with Gasteiger partial charge >= 0.3 is 0 Å². The summed E-state index contributed by atoms with van der Waals surface area (Å²) in [6, 6.07) is 5.90. The zero-order chi connectivity index (χ0) is 12.5. The van der Waals surface area contributed by atoms with Gasteiger partial charge in [-0.05, 0) is 6.07 Å². The topological polar surface area (TPSA) is 66.5 Å². The summed E-state index contributed by atoms with van der Waals surface area (Å²) in [5, 5.41) is 3.03. The normalized spacial score (nSPS) is 10.7. The minimum Gasteiger partial charge on any atom is -0.371 e. The van der Waals surface area contributed by atoms with Crippen LogP contribution in [0.2, 0.25) is 0 Å². The number of fused-ring (bicyclic) bond motifs is 1. The molecule has 2 aromatic heterocycles. The minimum absolute atomic E-state index is 0.778. The second-order valence-corrected chi connectivity index (χ2v) is 4.32. The predicted molar refractivity (Wildman–Crippen MR) is 73.7 cm³/mol. The Morgan fingerprint density at radius 3 is 3.11 bits per heavy atom. The number of hydrogen-bond donors (Lipinski definition) is 2. The SMILES string of the molecule is C=C(c1[nH]cnc1NC)c1cccc2nsnc12. The van der Waals surface area contributed by atoms with Gasteiger partial charge in [-0.15, -0.1) is 0 Å². The van der Waals surface area contributed by atoms with Crippen LogP contribution >= 0.6 is 11.7 Å². The Hall–Kier alpha value is -2.21. The fraction of sp³-hybridized carbons (Fsp3) is 0.0833. The molecule has 90 valence electrons. The van der Waals surface area contributed by atoms with Gasteiger partial charge in [0.05, 0.1) is 23.7 Å². The lowest BCUT2D eigenvalue weighted by Crippen LogP contribution is -1.95. The van der Waals surface area contributed by atoms with Crippen molar-refractivity contribution in [3.05, 3.63) is 42.4 Å². The van der Waals surface area contributed by atoms with E-state index in [-0.39, 0.29) is 0 Å². The van der Waals surface area contributed by atoms with Gasteiger partial charge in [0.15, 0.2) is 5.82 Å². The molecule has 0 aliphatic heterocycles. The van der Waals surface area contributed by atoms with Gasteiger partial charge in [-0.25, -0.2) is 4.98 Å². The van der Waals surface area contributed by atoms with Crippen molar-refractivity contribution >= 4 is 34.2 Å². The van der Waals surface area contributed by atoms with E-state index in [1.54, 1.807) is 6.33 Å². The molecule has 6 heteroatoms. The van der Waals surface area contributed by atoms with Crippen molar-refractivity contribution in [2.24, 2.45) is 0 Å². The first kappa shape index (κ1) is 10.9. The number of nitrogens with one attached hydrogen (secondary N) is 2. The van der Waals surface area contributed by atoms with Crippen LogP contribution in [0.15, 0.2) is 31.1 Å². The number of aromatic nitrogens is 4. The first-order valence-electron chi connectivity index (χ1n) is 5.43. The van der Waals surface area contributed by atoms with Gasteiger partial charge in [0, 0.05) is 18.2 Å². The molecule has 0 aliphatic rings. The van der Waals surface area contributed by atoms with Crippen molar-refractivity contribution in [2.75, 3.05) is 12.4 Å². The molecule has 0 fully saturated rings. The van der Waals surface area contributed by atoms with Crippen LogP contribution in [-0.2, 0) is 0 Å². The third-order valence-corrected chi connectivity index (χ3v) is 3.33. The molecule has 18 heavy (non-hydrogen) atoms. The van der Waals surface area contributed by atoms with Crippen LogP contribution < -0.4 is 5.32 Å². The molecule has 0 spiro atoms.